The molecule has 0 bridgehead atoms. The van der Waals surface area contributed by atoms with Crippen LogP contribution in [0.1, 0.15) is 277 Å². The Bertz CT molecular complexity index is 1190. The van der Waals surface area contributed by atoms with Gasteiger partial charge in [-0.15, -0.1) is 0 Å². The van der Waals surface area contributed by atoms with Gasteiger partial charge in [-0.05, 0) is 64.2 Å². The van der Waals surface area contributed by atoms with Crippen LogP contribution in [0.4, 0.5) is 0 Å². The third kappa shape index (κ3) is 36.5. The summed E-state index contributed by atoms with van der Waals surface area (Å²) in [4.78, 5) is 13.1. The van der Waals surface area contributed by atoms with Crippen molar-refractivity contribution in [2.45, 2.75) is 332 Å². The first kappa shape index (κ1) is 66.6. The number of nitrogens with one attached hydrogen (secondary N) is 1. The number of ether oxygens (including phenoxy) is 2. The Balaban J connectivity index is 2.12. The van der Waals surface area contributed by atoms with Crippen molar-refractivity contribution in [3.8, 4) is 0 Å². The SMILES string of the molecule is CCCCCC/C=C/CCCC(O)C(O)C(COC1OC(CO)C(O)C(O)C1O)NC(=O)C(O)CCCCCCCCCCCCCCCCCC/C=C\CCCCCCCCCCCCCCCC. The van der Waals surface area contributed by atoms with E-state index in [4.69, 9.17) is 9.47 Å². The van der Waals surface area contributed by atoms with Crippen molar-refractivity contribution in [3.05, 3.63) is 24.3 Å². The van der Waals surface area contributed by atoms with Crippen LogP contribution in [0.2, 0.25) is 0 Å². The quantitative estimate of drug-likeness (QED) is 0.0215. The van der Waals surface area contributed by atoms with Crippen LogP contribution in [0.25, 0.3) is 0 Å². The summed E-state index contributed by atoms with van der Waals surface area (Å²) in [5.74, 6) is -0.705. The minimum absolute atomic E-state index is 0.256. The molecule has 0 saturated carbocycles. The molecule has 0 radical (unpaired) electrons. The van der Waals surface area contributed by atoms with Gasteiger partial charge in [0.05, 0.1) is 25.4 Å². The highest BCUT2D eigenvalue weighted by Crippen LogP contribution is 2.23. The second kappa shape index (κ2) is 48.5. The fourth-order valence-electron chi connectivity index (χ4n) is 9.61. The van der Waals surface area contributed by atoms with Gasteiger partial charge in [0.1, 0.15) is 36.6 Å². The van der Waals surface area contributed by atoms with Crippen LogP contribution in [0.15, 0.2) is 24.3 Å². The Labute approximate surface area is 429 Å². The molecule has 0 aromatic heterocycles. The first-order chi connectivity index (χ1) is 34.2. The molecule has 414 valence electrons. The highest BCUT2D eigenvalue weighted by molar-refractivity contribution is 5.80. The largest absolute Gasteiger partial charge is 0.394 e. The second-order valence-electron chi connectivity index (χ2n) is 21.1. The maximum Gasteiger partial charge on any atom is 0.249 e. The zero-order valence-corrected chi connectivity index (χ0v) is 45.3. The number of allylic oxidation sites excluding steroid dienone is 4. The summed E-state index contributed by atoms with van der Waals surface area (Å²) in [7, 11) is 0. The van der Waals surface area contributed by atoms with Crippen molar-refractivity contribution in [3.63, 3.8) is 0 Å². The zero-order chi connectivity index (χ0) is 51.1. The van der Waals surface area contributed by atoms with Crippen LogP contribution in [0.5, 0.6) is 0 Å². The molecule has 1 saturated heterocycles. The van der Waals surface area contributed by atoms with Gasteiger partial charge in [0.2, 0.25) is 5.91 Å². The summed E-state index contributed by atoms with van der Waals surface area (Å²) in [5.41, 5.74) is 0. The number of rotatable bonds is 51. The second-order valence-corrected chi connectivity index (χ2v) is 21.1. The summed E-state index contributed by atoms with van der Waals surface area (Å²) in [6.45, 7) is 3.40. The number of aliphatic hydroxyl groups excluding tert-OH is 7. The minimum atomic E-state index is -1.66. The molecule has 9 atom stereocenters. The lowest BCUT2D eigenvalue weighted by Gasteiger charge is -2.40. The molecule has 1 amide bonds. The molecule has 1 fully saturated rings. The summed E-state index contributed by atoms with van der Waals surface area (Å²) in [5, 5.41) is 75.7. The summed E-state index contributed by atoms with van der Waals surface area (Å²) >= 11 is 0. The van der Waals surface area contributed by atoms with Gasteiger partial charge in [-0.1, -0.05) is 237 Å². The maximum atomic E-state index is 13.1. The van der Waals surface area contributed by atoms with Gasteiger partial charge >= 0.3 is 0 Å². The number of unbranched alkanes of at least 4 members (excludes halogenated alkanes) is 35. The Hall–Kier alpha value is -1.41. The number of carbonyl (C=O) groups is 1. The zero-order valence-electron chi connectivity index (χ0n) is 45.3. The van der Waals surface area contributed by atoms with E-state index in [1.54, 1.807) is 0 Å². The van der Waals surface area contributed by atoms with Crippen molar-refractivity contribution in [1.82, 2.24) is 5.32 Å². The van der Waals surface area contributed by atoms with Gasteiger partial charge in [0.25, 0.3) is 0 Å². The molecular formula is C59H113NO10. The molecule has 11 heteroatoms. The van der Waals surface area contributed by atoms with E-state index >= 15 is 0 Å². The molecule has 1 heterocycles. The summed E-state index contributed by atoms with van der Waals surface area (Å²) in [6, 6.07) is -1.18. The van der Waals surface area contributed by atoms with E-state index in [0.717, 1.165) is 38.5 Å². The standard InChI is InChI=1S/C59H113NO10/c1-3-5-7-9-11-13-14-15-16-17-18-19-20-21-22-23-24-25-26-27-28-29-30-31-32-33-34-35-36-37-39-41-43-45-47-52(63)58(68)60-50(49-69-59-57(67)56(66)55(65)53(48-61)70-59)54(64)51(62)46-44-42-40-38-12-10-8-6-4-2/h23-24,38,40,50-57,59,61-67H,3-22,25-37,39,41-49H2,1-2H3,(H,60,68)/b24-23-,40-38+. The maximum absolute atomic E-state index is 13.1. The molecule has 0 aliphatic carbocycles. The highest BCUT2D eigenvalue weighted by atomic mass is 16.7. The van der Waals surface area contributed by atoms with Gasteiger partial charge in [-0.2, -0.15) is 0 Å². The topological polar surface area (TPSA) is 189 Å². The van der Waals surface area contributed by atoms with Gasteiger partial charge < -0.3 is 50.5 Å². The normalized spacial score (nSPS) is 20.4. The molecule has 8 N–H and O–H groups in total. The van der Waals surface area contributed by atoms with E-state index in [-0.39, 0.29) is 12.8 Å². The van der Waals surface area contributed by atoms with Crippen LogP contribution < -0.4 is 5.32 Å². The number of hydrogen-bond acceptors (Lipinski definition) is 10. The lowest BCUT2D eigenvalue weighted by atomic mass is 9.98. The number of aliphatic hydroxyl groups is 7. The number of amides is 1. The lowest BCUT2D eigenvalue weighted by Crippen LogP contribution is -2.60. The Kier molecular flexibility index (Phi) is 46.2. The van der Waals surface area contributed by atoms with Gasteiger partial charge in [-0.25, -0.2) is 0 Å². The van der Waals surface area contributed by atoms with Crippen molar-refractivity contribution in [2.75, 3.05) is 13.2 Å². The van der Waals surface area contributed by atoms with E-state index < -0.39 is 74.2 Å². The molecule has 70 heavy (non-hydrogen) atoms. The van der Waals surface area contributed by atoms with Gasteiger partial charge in [-0.3, -0.25) is 4.79 Å². The third-order valence-electron chi connectivity index (χ3n) is 14.5. The molecule has 1 aliphatic heterocycles. The van der Waals surface area contributed by atoms with Crippen LogP contribution in [-0.2, 0) is 14.3 Å². The Morgan fingerprint density at radius 3 is 1.24 bits per heavy atom. The predicted octanol–water partition coefficient (Wildman–Crippen LogP) is 12.5. The average Bonchev–Trinajstić information content (AvgIpc) is 3.36. The molecular weight excluding hydrogens is 883 g/mol. The first-order valence-corrected chi connectivity index (χ1v) is 29.7. The predicted molar refractivity (Wildman–Crippen MR) is 289 cm³/mol. The van der Waals surface area contributed by atoms with Crippen molar-refractivity contribution >= 4 is 5.91 Å². The van der Waals surface area contributed by atoms with Crippen molar-refractivity contribution in [1.29, 1.82) is 0 Å². The smallest absolute Gasteiger partial charge is 0.249 e. The van der Waals surface area contributed by atoms with E-state index in [9.17, 15) is 40.5 Å². The van der Waals surface area contributed by atoms with Crippen molar-refractivity contribution in [2.24, 2.45) is 0 Å². The molecule has 9 unspecified atom stereocenters. The summed E-state index contributed by atoms with van der Waals surface area (Å²) < 4.78 is 11.1. The lowest BCUT2D eigenvalue weighted by molar-refractivity contribution is -0.303. The molecule has 0 aromatic rings. The van der Waals surface area contributed by atoms with Crippen LogP contribution in [-0.4, -0.2) is 110 Å². The van der Waals surface area contributed by atoms with Gasteiger partial charge in [0.15, 0.2) is 6.29 Å². The fourth-order valence-corrected chi connectivity index (χ4v) is 9.61. The van der Waals surface area contributed by atoms with E-state index in [0.29, 0.717) is 12.8 Å². The molecule has 1 rings (SSSR count). The van der Waals surface area contributed by atoms with E-state index in [2.05, 4.69) is 43.5 Å². The molecule has 0 spiro atoms. The number of hydrogen-bond donors (Lipinski definition) is 8. The molecule has 0 aromatic carbocycles. The average molecular weight is 997 g/mol. The van der Waals surface area contributed by atoms with E-state index in [1.807, 2.05) is 0 Å². The Morgan fingerprint density at radius 1 is 0.486 bits per heavy atom. The first-order valence-electron chi connectivity index (χ1n) is 29.7. The van der Waals surface area contributed by atoms with Gasteiger partial charge in [0, 0.05) is 0 Å². The summed E-state index contributed by atoms with van der Waals surface area (Å²) in [6.07, 6.45) is 47.2. The molecule has 11 nitrogen and oxygen atoms in total. The van der Waals surface area contributed by atoms with Crippen molar-refractivity contribution < 1.29 is 50.0 Å². The van der Waals surface area contributed by atoms with Crippen LogP contribution in [0.3, 0.4) is 0 Å². The van der Waals surface area contributed by atoms with Crippen LogP contribution >= 0.6 is 0 Å². The molecule has 1 aliphatic rings. The number of carbonyl (C=O) groups excluding carboxylic acids is 1. The fraction of sp³-hybridized carbons (Fsp3) is 0.915. The highest BCUT2D eigenvalue weighted by Gasteiger charge is 2.44. The monoisotopic (exact) mass is 996 g/mol. The van der Waals surface area contributed by atoms with E-state index in [1.165, 1.54) is 199 Å². The third-order valence-corrected chi connectivity index (χ3v) is 14.5. The Morgan fingerprint density at radius 2 is 0.843 bits per heavy atom. The minimum Gasteiger partial charge on any atom is -0.394 e. The van der Waals surface area contributed by atoms with Crippen LogP contribution in [0, 0.1) is 0 Å².